The van der Waals surface area contributed by atoms with E-state index in [-0.39, 0.29) is 24.9 Å². The zero-order chi connectivity index (χ0) is 19.1. The molecule has 3 amide bonds. The minimum atomic E-state index is -0.429. The molecule has 2 rings (SSSR count). The van der Waals surface area contributed by atoms with Gasteiger partial charge < -0.3 is 16.0 Å². The summed E-state index contributed by atoms with van der Waals surface area (Å²) in [7, 11) is 0. The summed E-state index contributed by atoms with van der Waals surface area (Å²) in [5.74, 6) is -1.08. The molecule has 0 aliphatic rings. The number of benzene rings is 2. The Morgan fingerprint density at radius 1 is 0.808 bits per heavy atom. The SMILES string of the molecule is Cc1cc(C)c(NC(=O)CNC(=O)CNC(=O)c2ccccc2)c(C)c1. The second kappa shape index (κ2) is 8.80. The fourth-order valence-electron chi connectivity index (χ4n) is 2.65. The van der Waals surface area contributed by atoms with Crippen molar-refractivity contribution in [1.29, 1.82) is 0 Å². The van der Waals surface area contributed by atoms with Crippen LogP contribution in [0.5, 0.6) is 0 Å². The molecule has 0 saturated heterocycles. The van der Waals surface area contributed by atoms with Crippen LogP contribution in [0.15, 0.2) is 42.5 Å². The van der Waals surface area contributed by atoms with Crippen LogP contribution in [0.1, 0.15) is 27.0 Å². The molecule has 2 aromatic carbocycles. The Balaban J connectivity index is 1.79. The van der Waals surface area contributed by atoms with E-state index in [0.717, 1.165) is 22.4 Å². The Hall–Kier alpha value is -3.15. The van der Waals surface area contributed by atoms with Crippen LogP contribution < -0.4 is 16.0 Å². The molecular formula is C20H23N3O3. The third-order valence-electron chi connectivity index (χ3n) is 3.83. The summed E-state index contributed by atoms with van der Waals surface area (Å²) in [4.78, 5) is 35.7. The third-order valence-corrected chi connectivity index (χ3v) is 3.83. The highest BCUT2D eigenvalue weighted by molar-refractivity contribution is 5.98. The average Bonchev–Trinajstić information content (AvgIpc) is 2.61. The molecule has 0 heterocycles. The highest BCUT2D eigenvalue weighted by atomic mass is 16.2. The van der Waals surface area contributed by atoms with E-state index >= 15 is 0 Å². The van der Waals surface area contributed by atoms with Crippen molar-refractivity contribution in [3.63, 3.8) is 0 Å². The monoisotopic (exact) mass is 353 g/mol. The first kappa shape index (κ1) is 19.2. The molecule has 0 aliphatic carbocycles. The van der Waals surface area contributed by atoms with Gasteiger partial charge in [0.15, 0.2) is 0 Å². The van der Waals surface area contributed by atoms with Gasteiger partial charge in [0.2, 0.25) is 11.8 Å². The lowest BCUT2D eigenvalue weighted by Crippen LogP contribution is -2.40. The van der Waals surface area contributed by atoms with Gasteiger partial charge in [-0.05, 0) is 44.0 Å². The summed E-state index contributed by atoms with van der Waals surface area (Å²) in [6.07, 6.45) is 0. The Kier molecular flexibility index (Phi) is 6.49. The zero-order valence-corrected chi connectivity index (χ0v) is 15.2. The molecule has 0 atom stereocenters. The van der Waals surface area contributed by atoms with Crippen LogP contribution in [-0.4, -0.2) is 30.8 Å². The maximum atomic E-state index is 12.1. The summed E-state index contributed by atoms with van der Waals surface area (Å²) >= 11 is 0. The van der Waals surface area contributed by atoms with E-state index in [2.05, 4.69) is 16.0 Å². The van der Waals surface area contributed by atoms with Gasteiger partial charge in [0, 0.05) is 11.3 Å². The van der Waals surface area contributed by atoms with E-state index in [4.69, 9.17) is 0 Å². The van der Waals surface area contributed by atoms with Crippen molar-refractivity contribution in [1.82, 2.24) is 10.6 Å². The Morgan fingerprint density at radius 3 is 2.00 bits per heavy atom. The minimum absolute atomic E-state index is 0.160. The first-order chi connectivity index (χ1) is 12.4. The predicted molar refractivity (Wildman–Crippen MR) is 101 cm³/mol. The van der Waals surface area contributed by atoms with Gasteiger partial charge in [-0.2, -0.15) is 0 Å². The molecule has 0 aliphatic heterocycles. The number of hydrogen-bond acceptors (Lipinski definition) is 3. The summed E-state index contributed by atoms with van der Waals surface area (Å²) in [6.45, 7) is 5.49. The van der Waals surface area contributed by atoms with Gasteiger partial charge in [-0.15, -0.1) is 0 Å². The van der Waals surface area contributed by atoms with Crippen molar-refractivity contribution in [3.8, 4) is 0 Å². The van der Waals surface area contributed by atoms with Gasteiger partial charge in [0.1, 0.15) is 0 Å². The molecule has 0 aromatic heterocycles. The van der Waals surface area contributed by atoms with Crippen LogP contribution in [0.25, 0.3) is 0 Å². The first-order valence-electron chi connectivity index (χ1n) is 8.34. The van der Waals surface area contributed by atoms with Crippen LogP contribution in [0.3, 0.4) is 0 Å². The van der Waals surface area contributed by atoms with E-state index in [1.807, 2.05) is 32.9 Å². The Labute approximate surface area is 153 Å². The first-order valence-corrected chi connectivity index (χ1v) is 8.34. The van der Waals surface area contributed by atoms with E-state index in [0.29, 0.717) is 5.56 Å². The number of hydrogen-bond donors (Lipinski definition) is 3. The Bertz CT molecular complexity index is 793. The molecule has 136 valence electrons. The number of carbonyl (C=O) groups is 3. The number of aryl methyl sites for hydroxylation is 3. The topological polar surface area (TPSA) is 87.3 Å². The summed E-state index contributed by atoms with van der Waals surface area (Å²) in [6, 6.07) is 12.6. The molecular weight excluding hydrogens is 330 g/mol. The van der Waals surface area contributed by atoms with Crippen LogP contribution in [-0.2, 0) is 9.59 Å². The van der Waals surface area contributed by atoms with Crippen molar-refractivity contribution in [2.45, 2.75) is 20.8 Å². The van der Waals surface area contributed by atoms with Gasteiger partial charge in [0.05, 0.1) is 13.1 Å². The highest BCUT2D eigenvalue weighted by Gasteiger charge is 2.11. The molecule has 26 heavy (non-hydrogen) atoms. The molecule has 6 heteroatoms. The lowest BCUT2D eigenvalue weighted by Gasteiger charge is -2.13. The number of nitrogens with one attached hydrogen (secondary N) is 3. The summed E-state index contributed by atoms with van der Waals surface area (Å²) in [5, 5.41) is 7.82. The summed E-state index contributed by atoms with van der Waals surface area (Å²) < 4.78 is 0. The van der Waals surface area contributed by atoms with Gasteiger partial charge in [-0.25, -0.2) is 0 Å². The average molecular weight is 353 g/mol. The predicted octanol–water partition coefficient (Wildman–Crippen LogP) is 2.10. The minimum Gasteiger partial charge on any atom is -0.345 e. The summed E-state index contributed by atoms with van der Waals surface area (Å²) in [5.41, 5.74) is 4.30. The fourth-order valence-corrected chi connectivity index (χ4v) is 2.65. The van der Waals surface area contributed by atoms with Crippen LogP contribution in [0.4, 0.5) is 5.69 Å². The van der Waals surface area contributed by atoms with Gasteiger partial charge in [-0.1, -0.05) is 35.9 Å². The lowest BCUT2D eigenvalue weighted by atomic mass is 10.1. The maximum Gasteiger partial charge on any atom is 0.251 e. The zero-order valence-electron chi connectivity index (χ0n) is 15.2. The van der Waals surface area contributed by atoms with Crippen molar-refractivity contribution in [2.24, 2.45) is 0 Å². The van der Waals surface area contributed by atoms with Crippen LogP contribution >= 0.6 is 0 Å². The molecule has 0 radical (unpaired) electrons. The second-order valence-electron chi connectivity index (χ2n) is 6.15. The largest absolute Gasteiger partial charge is 0.345 e. The van der Waals surface area contributed by atoms with Crippen molar-refractivity contribution in [2.75, 3.05) is 18.4 Å². The number of amides is 3. The van der Waals surface area contributed by atoms with Crippen LogP contribution in [0, 0.1) is 20.8 Å². The van der Waals surface area contributed by atoms with Crippen molar-refractivity contribution < 1.29 is 14.4 Å². The maximum absolute atomic E-state index is 12.1. The van der Waals surface area contributed by atoms with Crippen LogP contribution in [0.2, 0.25) is 0 Å². The van der Waals surface area contributed by atoms with E-state index in [1.54, 1.807) is 30.3 Å². The van der Waals surface area contributed by atoms with Crippen molar-refractivity contribution >= 4 is 23.4 Å². The normalized spacial score (nSPS) is 10.1. The highest BCUT2D eigenvalue weighted by Crippen LogP contribution is 2.21. The molecule has 3 N–H and O–H groups in total. The number of rotatable bonds is 6. The second-order valence-corrected chi connectivity index (χ2v) is 6.15. The molecule has 0 fully saturated rings. The van der Waals surface area contributed by atoms with Gasteiger partial charge >= 0.3 is 0 Å². The quantitative estimate of drug-likeness (QED) is 0.743. The van der Waals surface area contributed by atoms with Gasteiger partial charge in [-0.3, -0.25) is 14.4 Å². The molecule has 6 nitrogen and oxygen atoms in total. The van der Waals surface area contributed by atoms with Crippen molar-refractivity contribution in [3.05, 3.63) is 64.7 Å². The fraction of sp³-hybridized carbons (Fsp3) is 0.250. The number of anilines is 1. The molecule has 2 aromatic rings. The molecule has 0 unspecified atom stereocenters. The molecule has 0 saturated carbocycles. The molecule has 0 spiro atoms. The van der Waals surface area contributed by atoms with E-state index < -0.39 is 5.91 Å². The Morgan fingerprint density at radius 2 is 1.38 bits per heavy atom. The van der Waals surface area contributed by atoms with E-state index in [9.17, 15) is 14.4 Å². The standard InChI is InChI=1S/C20H23N3O3/c1-13-9-14(2)19(15(3)10-13)23-18(25)12-21-17(24)11-22-20(26)16-7-5-4-6-8-16/h4-10H,11-12H2,1-3H3,(H,21,24)(H,22,26)(H,23,25). The van der Waals surface area contributed by atoms with E-state index in [1.165, 1.54) is 0 Å². The smallest absolute Gasteiger partial charge is 0.251 e. The number of carbonyl (C=O) groups excluding carboxylic acids is 3. The lowest BCUT2D eigenvalue weighted by molar-refractivity contribution is -0.123. The molecule has 0 bridgehead atoms. The van der Waals surface area contributed by atoms with Gasteiger partial charge in [0.25, 0.3) is 5.91 Å². The third kappa shape index (κ3) is 5.44.